The first-order valence-corrected chi connectivity index (χ1v) is 26.0. The van der Waals surface area contributed by atoms with Crippen molar-refractivity contribution in [3.05, 3.63) is 332 Å². The monoisotopic (exact) mass is 1170 g/mol. The third-order valence-electron chi connectivity index (χ3n) is 10.6. The minimum absolute atomic E-state index is 0. The highest BCUT2D eigenvalue weighted by atomic mass is 19.4. The zero-order valence-corrected chi connectivity index (χ0v) is 49.2. The topological polar surface area (TPSA) is 51.6 Å². The average molecular weight is 1170 g/mol. The fourth-order valence-corrected chi connectivity index (χ4v) is 5.83. The minimum Gasteiger partial charge on any atom is -0.264 e. The highest BCUT2D eigenvalue weighted by Crippen LogP contribution is 2.29. The first kappa shape index (κ1) is 80.6. The number of aromatic nitrogens is 4. The van der Waals surface area contributed by atoms with Crippen LogP contribution in [0, 0.1) is 119 Å². The van der Waals surface area contributed by atoms with Gasteiger partial charge in [-0.25, -0.2) is 31.9 Å². The summed E-state index contributed by atoms with van der Waals surface area (Å²) in [6.45, 7) is 24.2. The van der Waals surface area contributed by atoms with E-state index in [4.69, 9.17) is 0 Å². The van der Waals surface area contributed by atoms with Crippen molar-refractivity contribution in [3.63, 3.8) is 0 Å². The van der Waals surface area contributed by atoms with E-state index in [9.17, 15) is 35.1 Å². The van der Waals surface area contributed by atoms with Gasteiger partial charge in [-0.3, -0.25) is 9.97 Å². The summed E-state index contributed by atoms with van der Waals surface area (Å²) in [6.07, 6.45) is 4.62. The fourth-order valence-electron chi connectivity index (χ4n) is 5.83. The molecule has 0 aliphatic heterocycles. The lowest BCUT2D eigenvalue weighted by Crippen LogP contribution is -2.04. The number of rotatable bonds is 0. The van der Waals surface area contributed by atoms with Crippen LogP contribution in [0.5, 0.6) is 0 Å². The van der Waals surface area contributed by atoms with E-state index in [0.717, 1.165) is 35.3 Å². The van der Waals surface area contributed by atoms with E-state index in [2.05, 4.69) is 96.2 Å². The predicted octanol–water partition coefficient (Wildman–Crippen LogP) is 22.1. The van der Waals surface area contributed by atoms with Crippen molar-refractivity contribution in [3.8, 4) is 0 Å². The molecule has 0 saturated carbocycles. The molecule has 10 rings (SSSR count). The first-order valence-electron chi connectivity index (χ1n) is 26.0. The van der Waals surface area contributed by atoms with Crippen molar-refractivity contribution in [1.29, 1.82) is 0 Å². The zero-order valence-electron chi connectivity index (χ0n) is 49.2. The second kappa shape index (κ2) is 45.8. The van der Waals surface area contributed by atoms with Gasteiger partial charge in [0.2, 0.25) is 0 Å². The van der Waals surface area contributed by atoms with Crippen LogP contribution in [-0.4, -0.2) is 19.9 Å². The van der Waals surface area contributed by atoms with E-state index < -0.39 is 35.0 Å². The Morgan fingerprint density at radius 1 is 0.306 bits per heavy atom. The summed E-state index contributed by atoms with van der Waals surface area (Å²) in [5.41, 5.74) is 10.5. The third-order valence-corrected chi connectivity index (χ3v) is 10.6. The molecule has 7 aromatic carbocycles. The molecule has 10 aromatic rings. The molecule has 4 nitrogen and oxygen atoms in total. The number of halogens is 8. The van der Waals surface area contributed by atoms with Gasteiger partial charge in [0.05, 0.1) is 5.56 Å². The van der Waals surface area contributed by atoms with Crippen molar-refractivity contribution in [2.75, 3.05) is 0 Å². The number of aryl methyl sites for hydroxylation is 12. The van der Waals surface area contributed by atoms with Gasteiger partial charge >= 0.3 is 6.18 Å². The molecule has 3 heterocycles. The van der Waals surface area contributed by atoms with Crippen LogP contribution in [0.25, 0.3) is 0 Å². The molecule has 0 aliphatic rings. The van der Waals surface area contributed by atoms with Gasteiger partial charge in [0.15, 0.2) is 0 Å². The van der Waals surface area contributed by atoms with Crippen LogP contribution >= 0.6 is 0 Å². The van der Waals surface area contributed by atoms with Crippen LogP contribution in [-0.2, 0) is 6.18 Å². The van der Waals surface area contributed by atoms with Gasteiger partial charge in [-0.15, -0.1) is 0 Å². The second-order valence-corrected chi connectivity index (χ2v) is 18.6. The molecule has 456 valence electrons. The second-order valence-electron chi connectivity index (χ2n) is 18.6. The number of benzene rings is 7. The zero-order chi connectivity index (χ0) is 61.5. The van der Waals surface area contributed by atoms with Gasteiger partial charge in [-0.1, -0.05) is 184 Å². The first-order chi connectivity index (χ1) is 38.8. The molecule has 0 fully saturated rings. The van der Waals surface area contributed by atoms with Gasteiger partial charge in [0.1, 0.15) is 34.9 Å². The number of pyridine rings is 2. The molecule has 0 spiro atoms. The predicted molar refractivity (Wildman–Crippen MR) is 342 cm³/mol. The molecule has 12 heteroatoms. The standard InChI is InChI=1S/C8H7F3.C8H8F2.C8H9F.C8H10.C7H6F2.2C7H8.2C6H7N.C5H6N2.3CH4/c1-6-3-2-4-7(5-6)8(9,10)11;1-5-3-7(9)6(2)8(10)4-5;1-6-3-4-7(2)8(9)5-6;1-7-3-5-8(2)6-4-7;1-5-2-3-6(8)4-7(5)9;2*1-7-5-3-2-4-6-7;1-6-3-2-4-7-5-6;1-6-4-2-3-5-7-6;1-5-6-3-2-4-7-5;;;/h2-5H,1H3;3-4H,1-2H3;3-5H,1-2H3;3-6H,1-2H3;2-4H,1H3;2*2-6H,1H3;2*2-5H,1H3;2-4H,1H3;3*1H4. The van der Waals surface area contributed by atoms with Gasteiger partial charge in [-0.05, 0) is 172 Å². The Bertz CT molecular complexity index is 2930. The lowest BCUT2D eigenvalue weighted by molar-refractivity contribution is -0.137. The maximum Gasteiger partial charge on any atom is 0.416 e. The SMILES string of the molecule is C.C.C.Cc1cc(F)c(C)c(F)c1.Cc1ccc(C)c(F)c1.Cc1ccc(C)cc1.Cc1ccc(F)cc1F.Cc1cccc(C(F)(F)F)c1.Cc1ccccc1.Cc1ccccc1.Cc1ccccn1.Cc1cccnc1.Cc1ncccn1. The van der Waals surface area contributed by atoms with Crippen LogP contribution in [0.3, 0.4) is 0 Å². The van der Waals surface area contributed by atoms with E-state index in [0.29, 0.717) is 22.3 Å². The molecule has 0 saturated heterocycles. The Kier molecular flexibility index (Phi) is 43.4. The van der Waals surface area contributed by atoms with Gasteiger partial charge in [-0.2, -0.15) is 13.2 Å². The maximum atomic E-state index is 12.6. The van der Waals surface area contributed by atoms with E-state index in [1.165, 1.54) is 71.1 Å². The largest absolute Gasteiger partial charge is 0.416 e. The lowest BCUT2D eigenvalue weighted by atomic mass is 10.1. The summed E-state index contributed by atoms with van der Waals surface area (Å²) in [7, 11) is 0. The Balaban J connectivity index is -0.000000879. The molecule has 0 aliphatic carbocycles. The van der Waals surface area contributed by atoms with E-state index in [-0.39, 0.29) is 33.7 Å². The smallest absolute Gasteiger partial charge is 0.264 e. The van der Waals surface area contributed by atoms with Crippen molar-refractivity contribution in [2.24, 2.45) is 0 Å². The summed E-state index contributed by atoms with van der Waals surface area (Å²) in [6, 6.07) is 57.2. The quantitative estimate of drug-likeness (QED) is 0.142. The number of hydrogen-bond donors (Lipinski definition) is 0. The van der Waals surface area contributed by atoms with E-state index >= 15 is 0 Å². The molecular formula is C73H88F8N4. The van der Waals surface area contributed by atoms with Gasteiger partial charge < -0.3 is 0 Å². The summed E-state index contributed by atoms with van der Waals surface area (Å²) in [4.78, 5) is 15.6. The van der Waals surface area contributed by atoms with Crippen LogP contribution in [0.4, 0.5) is 35.1 Å². The third kappa shape index (κ3) is 41.1. The number of alkyl halides is 3. The minimum atomic E-state index is -4.22. The number of hydrogen-bond acceptors (Lipinski definition) is 4. The molecular weight excluding hydrogens is 1080 g/mol. The Labute approximate surface area is 503 Å². The van der Waals surface area contributed by atoms with Crippen molar-refractivity contribution in [1.82, 2.24) is 19.9 Å². The lowest BCUT2D eigenvalue weighted by Gasteiger charge is -2.05. The van der Waals surface area contributed by atoms with Crippen LogP contribution in [0.2, 0.25) is 0 Å². The van der Waals surface area contributed by atoms with Crippen molar-refractivity contribution < 1.29 is 35.1 Å². The Hall–Kier alpha value is -8.64. The van der Waals surface area contributed by atoms with Gasteiger partial charge in [0.25, 0.3) is 0 Å². The van der Waals surface area contributed by atoms with Crippen LogP contribution in [0.1, 0.15) is 101 Å². The molecule has 3 aromatic heterocycles. The maximum absolute atomic E-state index is 12.6. The van der Waals surface area contributed by atoms with Crippen molar-refractivity contribution >= 4 is 0 Å². The Morgan fingerprint density at radius 2 is 0.706 bits per heavy atom. The normalized spacial score (nSPS) is 9.19. The fraction of sp³-hybridized carbons (Fsp3) is 0.233. The molecule has 0 N–H and O–H groups in total. The highest BCUT2D eigenvalue weighted by Gasteiger charge is 2.29. The van der Waals surface area contributed by atoms with Crippen molar-refractivity contribution in [2.45, 2.75) is 118 Å². The summed E-state index contributed by atoms with van der Waals surface area (Å²) in [5.74, 6) is -1.26. The number of nitrogens with zero attached hydrogens (tertiary/aromatic N) is 4. The van der Waals surface area contributed by atoms with Crippen LogP contribution < -0.4 is 0 Å². The molecule has 0 amide bonds. The summed E-state index contributed by atoms with van der Waals surface area (Å²) < 4.78 is 98.1. The van der Waals surface area contributed by atoms with E-state index in [1.54, 1.807) is 70.7 Å². The highest BCUT2D eigenvalue weighted by molar-refractivity contribution is 5.26. The molecule has 0 unspecified atom stereocenters. The molecule has 85 heavy (non-hydrogen) atoms. The summed E-state index contributed by atoms with van der Waals surface area (Å²) in [5, 5.41) is 0. The van der Waals surface area contributed by atoms with E-state index in [1.807, 2.05) is 107 Å². The molecule has 0 bridgehead atoms. The molecule has 0 radical (unpaired) electrons. The Morgan fingerprint density at radius 3 is 1.00 bits per heavy atom. The molecule has 0 atom stereocenters. The average Bonchev–Trinajstić information content (AvgIpc) is 3.53. The summed E-state index contributed by atoms with van der Waals surface area (Å²) >= 11 is 0. The van der Waals surface area contributed by atoms with Crippen LogP contribution in [0.15, 0.2) is 225 Å². The van der Waals surface area contributed by atoms with Gasteiger partial charge in [0, 0.05) is 48.3 Å².